The van der Waals surface area contributed by atoms with Crippen molar-refractivity contribution in [1.82, 2.24) is 0 Å². The van der Waals surface area contributed by atoms with Gasteiger partial charge in [0, 0.05) is 37.2 Å². The van der Waals surface area contributed by atoms with Gasteiger partial charge in [-0.1, -0.05) is 218 Å². The van der Waals surface area contributed by atoms with Crippen molar-refractivity contribution >= 4 is 48.6 Å². The summed E-state index contributed by atoms with van der Waals surface area (Å²) in [5.74, 6) is 0. The van der Waals surface area contributed by atoms with Crippen LogP contribution in [0.2, 0.25) is 0 Å². The van der Waals surface area contributed by atoms with Crippen LogP contribution in [0.4, 0.5) is 17.1 Å². The second-order valence-electron chi connectivity index (χ2n) is 18.7. The fraction of sp³-hybridized carbons (Fsp3) is 0.0294. The van der Waals surface area contributed by atoms with Gasteiger partial charge < -0.3 is 4.90 Å². The van der Waals surface area contributed by atoms with E-state index in [0.717, 1.165) is 17.1 Å². The molecule has 328 valence electrons. The fourth-order valence-electron chi connectivity index (χ4n) is 12.3. The summed E-state index contributed by atoms with van der Waals surface area (Å²) in [6, 6.07) is 102. The van der Waals surface area contributed by atoms with Crippen molar-refractivity contribution in [2.75, 3.05) is 4.90 Å². The summed E-state index contributed by atoms with van der Waals surface area (Å²) in [6.45, 7) is 0. The van der Waals surface area contributed by atoms with Gasteiger partial charge in [-0.25, -0.2) is 0 Å². The van der Waals surface area contributed by atoms with E-state index >= 15 is 0 Å². The van der Waals surface area contributed by atoms with E-state index in [-0.39, 0.29) is 0 Å². The van der Waals surface area contributed by atoms with E-state index in [9.17, 15) is 0 Å². The Labute approximate surface area is 412 Å². The third kappa shape index (κ3) is 5.90. The summed E-state index contributed by atoms with van der Waals surface area (Å²) in [5, 5.41) is 2.61. The van der Waals surface area contributed by atoms with Gasteiger partial charge in [0.1, 0.15) is 0 Å². The quantitative estimate of drug-likeness (QED) is 0.147. The van der Waals surface area contributed by atoms with Crippen LogP contribution < -0.4 is 4.90 Å². The number of thiophene rings is 1. The number of fused-ring (bicyclic) bond motifs is 9. The van der Waals surface area contributed by atoms with Crippen molar-refractivity contribution in [3.05, 3.63) is 317 Å². The van der Waals surface area contributed by atoms with Crippen molar-refractivity contribution in [1.29, 1.82) is 0 Å². The molecule has 0 spiro atoms. The first-order valence-electron chi connectivity index (χ1n) is 24.2. The minimum absolute atomic E-state index is 0.550. The molecule has 0 saturated carbocycles. The van der Waals surface area contributed by atoms with Crippen molar-refractivity contribution < 1.29 is 0 Å². The lowest BCUT2D eigenvalue weighted by Crippen LogP contribution is -2.29. The van der Waals surface area contributed by atoms with Crippen LogP contribution in [0.5, 0.6) is 0 Å². The molecule has 0 radical (unpaired) electrons. The zero-order chi connectivity index (χ0) is 46.2. The zero-order valence-electron chi connectivity index (χ0n) is 38.3. The average molecular weight is 908 g/mol. The first-order chi connectivity index (χ1) is 34.7. The van der Waals surface area contributed by atoms with E-state index in [0.29, 0.717) is 0 Å². The molecule has 0 unspecified atom stereocenters. The van der Waals surface area contributed by atoms with Crippen LogP contribution in [0.15, 0.2) is 273 Å². The molecule has 0 amide bonds. The molecular formula is C68H45NS. The Morgan fingerprint density at radius 3 is 1.20 bits per heavy atom. The average Bonchev–Trinajstić information content (AvgIpc) is 4.07. The van der Waals surface area contributed by atoms with Gasteiger partial charge in [0.2, 0.25) is 0 Å². The number of hydrogen-bond acceptors (Lipinski definition) is 2. The number of benzene rings is 11. The number of hydrogen-bond donors (Lipinski definition) is 0. The van der Waals surface area contributed by atoms with Crippen LogP contribution in [0, 0.1) is 0 Å². The molecule has 1 nitrogen and oxygen atoms in total. The summed E-state index contributed by atoms with van der Waals surface area (Å²) in [4.78, 5) is 2.51. The molecule has 0 aliphatic heterocycles. The lowest BCUT2D eigenvalue weighted by Gasteiger charge is -2.36. The second-order valence-corrected chi connectivity index (χ2v) is 19.8. The monoisotopic (exact) mass is 907 g/mol. The summed E-state index contributed by atoms with van der Waals surface area (Å²) in [5.41, 5.74) is 19.8. The molecule has 0 saturated heterocycles. The highest BCUT2D eigenvalue weighted by atomic mass is 32.1. The molecule has 1 aromatic heterocycles. The highest BCUT2D eigenvalue weighted by Crippen LogP contribution is 2.59. The minimum Gasteiger partial charge on any atom is -0.310 e. The third-order valence-corrected chi connectivity index (χ3v) is 16.4. The van der Waals surface area contributed by atoms with E-state index in [1.165, 1.54) is 98.1 Å². The fourth-order valence-corrected chi connectivity index (χ4v) is 13.4. The van der Waals surface area contributed by atoms with E-state index < -0.39 is 10.8 Å². The first kappa shape index (κ1) is 40.5. The predicted molar refractivity (Wildman–Crippen MR) is 294 cm³/mol. The third-order valence-electron chi connectivity index (χ3n) is 15.2. The van der Waals surface area contributed by atoms with Gasteiger partial charge in [-0.15, -0.1) is 11.3 Å². The highest BCUT2D eigenvalue weighted by Gasteiger charge is 2.48. The molecular weight excluding hydrogens is 863 g/mol. The molecule has 0 bridgehead atoms. The molecule has 2 aliphatic rings. The van der Waals surface area contributed by atoms with Crippen molar-refractivity contribution in [3.63, 3.8) is 0 Å². The zero-order valence-corrected chi connectivity index (χ0v) is 39.2. The molecule has 1 heterocycles. The second kappa shape index (κ2) is 16.0. The maximum Gasteiger partial charge on any atom is 0.0714 e. The maximum atomic E-state index is 2.51. The SMILES string of the molecule is c1ccc(C2(c3ccccc3)c3ccccc3-c3ccc(N(c4cccc(-c5ccc6sc7ccccc7c6c5)c4)c4ccc5c(c4)C(c4ccccc4)(c4ccccc4)c4ccccc4-5)cc32)cc1. The molecule has 11 aromatic carbocycles. The van der Waals surface area contributed by atoms with Crippen molar-refractivity contribution in [2.24, 2.45) is 0 Å². The summed E-state index contributed by atoms with van der Waals surface area (Å²) < 4.78 is 2.62. The predicted octanol–water partition coefficient (Wildman–Crippen LogP) is 17.9. The Morgan fingerprint density at radius 1 is 0.257 bits per heavy atom. The van der Waals surface area contributed by atoms with Gasteiger partial charge in [-0.3, -0.25) is 0 Å². The highest BCUT2D eigenvalue weighted by molar-refractivity contribution is 7.25. The van der Waals surface area contributed by atoms with Crippen LogP contribution in [0.25, 0.3) is 53.6 Å². The number of rotatable bonds is 8. The van der Waals surface area contributed by atoms with Gasteiger partial charge in [-0.05, 0) is 132 Å². The van der Waals surface area contributed by atoms with E-state index in [2.05, 4.69) is 278 Å². The van der Waals surface area contributed by atoms with E-state index in [4.69, 9.17) is 0 Å². The minimum atomic E-state index is -0.550. The van der Waals surface area contributed by atoms with E-state index in [1.54, 1.807) is 0 Å². The molecule has 0 fully saturated rings. The van der Waals surface area contributed by atoms with Gasteiger partial charge >= 0.3 is 0 Å². The lowest BCUT2D eigenvalue weighted by atomic mass is 9.67. The molecule has 14 rings (SSSR count). The Bertz CT molecular complexity index is 3690. The topological polar surface area (TPSA) is 3.24 Å². The normalized spacial score (nSPS) is 13.7. The summed E-state index contributed by atoms with van der Waals surface area (Å²) >= 11 is 1.86. The Kier molecular flexibility index (Phi) is 9.27. The van der Waals surface area contributed by atoms with Crippen molar-refractivity contribution in [2.45, 2.75) is 10.8 Å². The van der Waals surface area contributed by atoms with Crippen LogP contribution in [0.1, 0.15) is 44.5 Å². The van der Waals surface area contributed by atoms with Crippen molar-refractivity contribution in [3.8, 4) is 33.4 Å². The van der Waals surface area contributed by atoms with Crippen LogP contribution in [0.3, 0.4) is 0 Å². The largest absolute Gasteiger partial charge is 0.310 e. The Hall–Kier alpha value is -8.56. The molecule has 2 heteroatoms. The smallest absolute Gasteiger partial charge is 0.0714 e. The molecule has 0 N–H and O–H groups in total. The summed E-state index contributed by atoms with van der Waals surface area (Å²) in [7, 11) is 0. The molecule has 70 heavy (non-hydrogen) atoms. The van der Waals surface area contributed by atoms with Gasteiger partial charge in [0.05, 0.1) is 10.8 Å². The number of anilines is 3. The first-order valence-corrected chi connectivity index (χ1v) is 25.1. The van der Waals surface area contributed by atoms with E-state index in [1.807, 2.05) is 11.3 Å². The van der Waals surface area contributed by atoms with Crippen LogP contribution >= 0.6 is 11.3 Å². The maximum absolute atomic E-state index is 2.51. The molecule has 12 aromatic rings. The molecule has 2 aliphatic carbocycles. The molecule has 0 atom stereocenters. The van der Waals surface area contributed by atoms with Crippen LogP contribution in [-0.4, -0.2) is 0 Å². The number of nitrogens with zero attached hydrogens (tertiary/aromatic N) is 1. The summed E-state index contributed by atoms with van der Waals surface area (Å²) in [6.07, 6.45) is 0. The van der Waals surface area contributed by atoms with Crippen LogP contribution in [-0.2, 0) is 10.8 Å². The standard InChI is InChI=1S/C68H45NS/c1-5-21-48(22-6-1)67(49-23-7-2-8-24-49)61-33-16-13-30-55(61)57-39-37-53(44-63(57)67)69(52-29-19-20-46(42-52)47-36-41-66-60(43-47)59-32-15-18-35-65(59)70-66)54-38-40-58-56-31-14-17-34-62(56)68(64(58)45-54,50-25-9-3-10-26-50)51-27-11-4-12-28-51/h1-45H. The van der Waals surface area contributed by atoms with Gasteiger partial charge in [0.15, 0.2) is 0 Å². The lowest BCUT2D eigenvalue weighted by molar-refractivity contribution is 0.767. The van der Waals surface area contributed by atoms with Gasteiger partial charge in [0.25, 0.3) is 0 Å². The Balaban J connectivity index is 1.04. The Morgan fingerprint density at radius 2 is 0.671 bits per heavy atom. The van der Waals surface area contributed by atoms with Gasteiger partial charge in [-0.2, -0.15) is 0 Å².